The van der Waals surface area contributed by atoms with Gasteiger partial charge in [0.25, 0.3) is 0 Å². The van der Waals surface area contributed by atoms with E-state index in [4.69, 9.17) is 27.0 Å². The van der Waals surface area contributed by atoms with Crippen molar-refractivity contribution in [2.75, 3.05) is 12.4 Å². The van der Waals surface area contributed by atoms with Crippen LogP contribution in [-0.2, 0) is 9.05 Å². The molecule has 1 rings (SSSR count). The number of halogens is 3. The first kappa shape index (κ1) is 18.1. The summed E-state index contributed by atoms with van der Waals surface area (Å²) in [7, 11) is 1.78. The first-order valence-corrected chi connectivity index (χ1v) is 9.64. The average Bonchev–Trinajstić information content (AvgIpc) is 2.25. The van der Waals surface area contributed by atoms with E-state index in [1.165, 1.54) is 0 Å². The monoisotopic (exact) mass is 402 g/mol. The van der Waals surface area contributed by atoms with Gasteiger partial charge in [0.05, 0.1) is 17.4 Å². The molecule has 0 heterocycles. The Labute approximate surface area is 138 Å². The van der Waals surface area contributed by atoms with Crippen LogP contribution in [0.5, 0.6) is 5.75 Å². The second-order valence-corrected chi connectivity index (χ2v) is 9.80. The number of ether oxygens (including phenoxy) is 1. The maximum atomic E-state index is 11.3. The van der Waals surface area contributed by atoms with E-state index in [0.29, 0.717) is 10.8 Å². The molecular weight excluding hydrogens is 387 g/mol. The van der Waals surface area contributed by atoms with Gasteiger partial charge in [0.15, 0.2) is 0 Å². The van der Waals surface area contributed by atoms with Crippen molar-refractivity contribution in [2.45, 2.75) is 20.8 Å². The predicted molar refractivity (Wildman–Crippen MR) is 87.2 cm³/mol. The Bertz CT molecular complexity index is 567. The Morgan fingerprint density at radius 2 is 1.95 bits per heavy atom. The molecule has 1 atom stereocenters. The van der Waals surface area contributed by atoms with E-state index in [0.717, 1.165) is 4.47 Å². The van der Waals surface area contributed by atoms with Gasteiger partial charge in [0, 0.05) is 21.1 Å². The molecule has 0 saturated carbocycles. The first-order valence-electron chi connectivity index (χ1n) is 5.99. The van der Waals surface area contributed by atoms with E-state index in [-0.39, 0.29) is 23.7 Å². The summed E-state index contributed by atoms with van der Waals surface area (Å²) in [5, 5.41) is 0.481. The molecule has 0 spiro atoms. The highest BCUT2D eigenvalue weighted by atomic mass is 79.9. The van der Waals surface area contributed by atoms with Gasteiger partial charge in [-0.05, 0) is 23.6 Å². The molecule has 0 fully saturated rings. The second-order valence-electron chi connectivity index (χ2n) is 5.65. The van der Waals surface area contributed by atoms with Crippen molar-refractivity contribution in [2.24, 2.45) is 11.3 Å². The quantitative estimate of drug-likeness (QED) is 0.668. The molecule has 1 aromatic carbocycles. The van der Waals surface area contributed by atoms with Crippen LogP contribution in [-0.4, -0.2) is 20.8 Å². The minimum Gasteiger partial charge on any atom is -0.492 e. The third-order valence-corrected chi connectivity index (χ3v) is 4.94. The summed E-state index contributed by atoms with van der Waals surface area (Å²) in [5.41, 5.74) is -0.250. The average molecular weight is 404 g/mol. The van der Waals surface area contributed by atoms with E-state index >= 15 is 0 Å². The van der Waals surface area contributed by atoms with Crippen LogP contribution in [0.2, 0.25) is 5.02 Å². The van der Waals surface area contributed by atoms with Gasteiger partial charge in [-0.2, -0.15) is 0 Å². The van der Waals surface area contributed by atoms with E-state index in [2.05, 4.69) is 15.9 Å². The number of benzene rings is 1. The highest BCUT2D eigenvalue weighted by molar-refractivity contribution is 9.10. The van der Waals surface area contributed by atoms with Crippen molar-refractivity contribution in [3.05, 3.63) is 27.7 Å². The minimum atomic E-state index is -3.58. The van der Waals surface area contributed by atoms with Crippen LogP contribution in [0.1, 0.15) is 20.8 Å². The number of rotatable bonds is 5. The SMILES string of the molecule is CC(C)(C)C(COc1cc(Br)ccc1Cl)CS(=O)(=O)Cl. The zero-order chi connectivity index (χ0) is 15.6. The fourth-order valence-electron chi connectivity index (χ4n) is 1.57. The van der Waals surface area contributed by atoms with Crippen LogP contribution in [0.25, 0.3) is 0 Å². The molecule has 3 nitrogen and oxygen atoms in total. The van der Waals surface area contributed by atoms with Crippen molar-refractivity contribution in [1.82, 2.24) is 0 Å². The normalized spacial score (nSPS) is 14.1. The van der Waals surface area contributed by atoms with E-state index in [9.17, 15) is 8.42 Å². The van der Waals surface area contributed by atoms with Gasteiger partial charge in [-0.1, -0.05) is 48.3 Å². The molecule has 0 saturated heterocycles. The van der Waals surface area contributed by atoms with Crippen LogP contribution < -0.4 is 4.74 Å². The molecule has 0 radical (unpaired) electrons. The summed E-state index contributed by atoms with van der Waals surface area (Å²) < 4.78 is 29.1. The number of hydrogen-bond donors (Lipinski definition) is 0. The highest BCUT2D eigenvalue weighted by Crippen LogP contribution is 2.32. The second kappa shape index (κ2) is 6.86. The van der Waals surface area contributed by atoms with Crippen LogP contribution in [0.4, 0.5) is 0 Å². The Morgan fingerprint density at radius 1 is 1.35 bits per heavy atom. The molecule has 0 bridgehead atoms. The lowest BCUT2D eigenvalue weighted by Crippen LogP contribution is -2.31. The molecular formula is C13H17BrCl2O3S. The summed E-state index contributed by atoms with van der Waals surface area (Å²) in [6, 6.07) is 5.27. The van der Waals surface area contributed by atoms with Crippen molar-refractivity contribution in [1.29, 1.82) is 0 Å². The lowest BCUT2D eigenvalue weighted by Gasteiger charge is -2.29. The van der Waals surface area contributed by atoms with Crippen LogP contribution in [0.15, 0.2) is 22.7 Å². The maximum absolute atomic E-state index is 11.3. The van der Waals surface area contributed by atoms with Gasteiger partial charge in [-0.15, -0.1) is 0 Å². The molecule has 0 aliphatic heterocycles. The lowest BCUT2D eigenvalue weighted by atomic mass is 9.82. The van der Waals surface area contributed by atoms with E-state index in [1.807, 2.05) is 20.8 Å². The summed E-state index contributed by atoms with van der Waals surface area (Å²) in [6.07, 6.45) is 0. The Kier molecular flexibility index (Phi) is 6.20. The molecule has 1 aromatic rings. The first-order chi connectivity index (χ1) is 8.99. The fraction of sp³-hybridized carbons (Fsp3) is 0.538. The van der Waals surface area contributed by atoms with Gasteiger partial charge < -0.3 is 4.74 Å². The Morgan fingerprint density at radius 3 is 2.45 bits per heavy atom. The Hall–Kier alpha value is 0.0300. The fourth-order valence-corrected chi connectivity index (χ4v) is 3.61. The molecule has 0 aliphatic carbocycles. The van der Waals surface area contributed by atoms with Crippen molar-refractivity contribution >= 4 is 47.3 Å². The van der Waals surface area contributed by atoms with Gasteiger partial charge in [0.2, 0.25) is 9.05 Å². The maximum Gasteiger partial charge on any atom is 0.233 e. The van der Waals surface area contributed by atoms with Crippen LogP contribution in [0.3, 0.4) is 0 Å². The standard InChI is InChI=1S/C13H17BrCl2O3S/c1-13(2,3)9(8-20(16,17)18)7-19-12-6-10(14)4-5-11(12)15/h4-6,9H,7-8H2,1-3H3. The van der Waals surface area contributed by atoms with Gasteiger partial charge >= 0.3 is 0 Å². The summed E-state index contributed by atoms with van der Waals surface area (Å²) >= 11 is 9.37. The number of hydrogen-bond acceptors (Lipinski definition) is 3. The molecule has 0 aliphatic rings. The lowest BCUT2D eigenvalue weighted by molar-refractivity contribution is 0.163. The zero-order valence-electron chi connectivity index (χ0n) is 11.5. The molecule has 0 N–H and O–H groups in total. The van der Waals surface area contributed by atoms with Crippen molar-refractivity contribution in [3.8, 4) is 5.75 Å². The largest absolute Gasteiger partial charge is 0.492 e. The van der Waals surface area contributed by atoms with E-state index < -0.39 is 9.05 Å². The van der Waals surface area contributed by atoms with Crippen molar-refractivity contribution < 1.29 is 13.2 Å². The smallest absolute Gasteiger partial charge is 0.233 e. The van der Waals surface area contributed by atoms with Gasteiger partial charge in [-0.25, -0.2) is 8.42 Å². The summed E-state index contributed by atoms with van der Waals surface area (Å²) in [6.45, 7) is 6.08. The van der Waals surface area contributed by atoms with Gasteiger partial charge in [0.1, 0.15) is 5.75 Å². The molecule has 0 amide bonds. The molecule has 0 aromatic heterocycles. The van der Waals surface area contributed by atoms with Crippen LogP contribution in [0, 0.1) is 11.3 Å². The zero-order valence-corrected chi connectivity index (χ0v) is 15.4. The van der Waals surface area contributed by atoms with Gasteiger partial charge in [-0.3, -0.25) is 0 Å². The molecule has 7 heteroatoms. The van der Waals surface area contributed by atoms with Crippen LogP contribution >= 0.6 is 38.2 Å². The molecule has 20 heavy (non-hydrogen) atoms. The molecule has 114 valence electrons. The highest BCUT2D eigenvalue weighted by Gasteiger charge is 2.29. The minimum absolute atomic E-state index is 0.135. The van der Waals surface area contributed by atoms with E-state index in [1.54, 1.807) is 18.2 Å². The summed E-state index contributed by atoms with van der Waals surface area (Å²) in [4.78, 5) is 0. The predicted octanol–water partition coefficient (Wildman–Crippen LogP) is 4.71. The third-order valence-electron chi connectivity index (χ3n) is 2.96. The summed E-state index contributed by atoms with van der Waals surface area (Å²) in [5.74, 6) is 0.145. The molecule has 1 unspecified atom stereocenters. The van der Waals surface area contributed by atoms with Crippen molar-refractivity contribution in [3.63, 3.8) is 0 Å². The third kappa shape index (κ3) is 6.20. The Balaban J connectivity index is 2.84. The topological polar surface area (TPSA) is 43.4 Å².